The number of rotatable bonds is 2. The normalized spacial score (nSPS) is 22.4. The molecule has 2 atom stereocenters. The minimum atomic E-state index is -4.38. The first-order chi connectivity index (χ1) is 13.0. The van der Waals surface area contributed by atoms with E-state index >= 15 is 0 Å². The Kier molecular flexibility index (Phi) is 4.38. The van der Waals surface area contributed by atoms with Crippen LogP contribution in [-0.2, 0) is 6.18 Å². The molecule has 4 heterocycles. The van der Waals surface area contributed by atoms with Gasteiger partial charge in [0.05, 0.1) is 23.2 Å². The second kappa shape index (κ2) is 6.72. The average Bonchev–Trinajstić information content (AvgIpc) is 3.10. The number of halogens is 3. The Hall–Kier alpha value is -2.82. The Morgan fingerprint density at radius 1 is 1.07 bits per heavy atom. The van der Waals surface area contributed by atoms with Gasteiger partial charge >= 0.3 is 6.18 Å². The smallest absolute Gasteiger partial charge is 0.355 e. The number of hydrogen-bond acceptors (Lipinski definition) is 5. The van der Waals surface area contributed by atoms with Gasteiger partial charge in [-0.1, -0.05) is 0 Å². The van der Waals surface area contributed by atoms with Crippen LogP contribution in [0.15, 0.2) is 36.7 Å². The minimum Gasteiger partial charge on any atom is -0.355 e. The molecule has 2 saturated heterocycles. The molecule has 0 radical (unpaired) electrons. The van der Waals surface area contributed by atoms with Gasteiger partial charge < -0.3 is 9.80 Å². The van der Waals surface area contributed by atoms with E-state index < -0.39 is 11.7 Å². The van der Waals surface area contributed by atoms with E-state index in [1.54, 1.807) is 18.3 Å². The van der Waals surface area contributed by atoms with Gasteiger partial charge in [-0.25, -0.2) is 9.97 Å². The molecular weight excluding hydrogens is 355 g/mol. The summed E-state index contributed by atoms with van der Waals surface area (Å²) in [4.78, 5) is 12.7. The zero-order valence-corrected chi connectivity index (χ0v) is 14.5. The van der Waals surface area contributed by atoms with Crippen molar-refractivity contribution in [2.75, 3.05) is 29.4 Å². The van der Waals surface area contributed by atoms with Crippen molar-refractivity contribution in [1.29, 1.82) is 5.26 Å². The lowest BCUT2D eigenvalue weighted by Gasteiger charge is -2.39. The van der Waals surface area contributed by atoms with Gasteiger partial charge in [0.1, 0.15) is 11.6 Å². The molecule has 2 fully saturated rings. The maximum Gasteiger partial charge on any atom is 0.417 e. The van der Waals surface area contributed by atoms with E-state index in [2.05, 4.69) is 20.9 Å². The third-order valence-corrected chi connectivity index (χ3v) is 5.43. The number of pyridine rings is 2. The summed E-state index contributed by atoms with van der Waals surface area (Å²) in [6.45, 7) is 2.33. The molecule has 0 spiro atoms. The summed E-state index contributed by atoms with van der Waals surface area (Å²) in [6, 6.07) is 8.34. The van der Waals surface area contributed by atoms with Crippen LogP contribution in [0.5, 0.6) is 0 Å². The minimum absolute atomic E-state index is 0.212. The highest BCUT2D eigenvalue weighted by atomic mass is 19.4. The molecule has 2 unspecified atom stereocenters. The predicted molar refractivity (Wildman–Crippen MR) is 94.3 cm³/mol. The molecule has 0 aromatic carbocycles. The number of piperidine rings is 1. The molecule has 140 valence electrons. The molecule has 0 bridgehead atoms. The van der Waals surface area contributed by atoms with Gasteiger partial charge in [-0.05, 0) is 43.0 Å². The molecule has 4 rings (SSSR count). The number of alkyl halides is 3. The van der Waals surface area contributed by atoms with Gasteiger partial charge in [-0.2, -0.15) is 18.4 Å². The third kappa shape index (κ3) is 3.42. The van der Waals surface area contributed by atoms with Gasteiger partial charge in [0.2, 0.25) is 0 Å². The van der Waals surface area contributed by atoms with Crippen LogP contribution in [0.3, 0.4) is 0 Å². The summed E-state index contributed by atoms with van der Waals surface area (Å²) < 4.78 is 38.2. The van der Waals surface area contributed by atoms with E-state index in [0.29, 0.717) is 23.8 Å². The summed E-state index contributed by atoms with van der Waals surface area (Å²) in [5.41, 5.74) is -0.165. The fourth-order valence-electron chi connectivity index (χ4n) is 4.02. The van der Waals surface area contributed by atoms with E-state index in [-0.39, 0.29) is 6.04 Å². The molecule has 2 aliphatic heterocycles. The Bertz CT molecular complexity index is 859. The number of fused-ring (bicyclic) bond motifs is 1. The van der Waals surface area contributed by atoms with Crippen LogP contribution < -0.4 is 9.80 Å². The van der Waals surface area contributed by atoms with Gasteiger partial charge in [0.25, 0.3) is 0 Å². The predicted octanol–water partition coefficient (Wildman–Crippen LogP) is 3.47. The van der Waals surface area contributed by atoms with Crippen molar-refractivity contribution in [2.45, 2.75) is 25.1 Å². The number of aromatic nitrogens is 2. The summed E-state index contributed by atoms with van der Waals surface area (Å²) in [7, 11) is 0. The molecule has 0 aliphatic carbocycles. The van der Waals surface area contributed by atoms with Crippen molar-refractivity contribution in [3.63, 3.8) is 0 Å². The van der Waals surface area contributed by atoms with E-state index in [1.165, 1.54) is 6.07 Å². The molecule has 5 nitrogen and oxygen atoms in total. The first-order valence-electron chi connectivity index (χ1n) is 8.87. The van der Waals surface area contributed by atoms with Gasteiger partial charge in [0, 0.05) is 32.0 Å². The van der Waals surface area contributed by atoms with Gasteiger partial charge in [-0.15, -0.1) is 0 Å². The lowest BCUT2D eigenvalue weighted by atomic mass is 9.92. The Morgan fingerprint density at radius 3 is 2.59 bits per heavy atom. The van der Waals surface area contributed by atoms with Crippen LogP contribution in [0.2, 0.25) is 0 Å². The van der Waals surface area contributed by atoms with Crippen molar-refractivity contribution in [2.24, 2.45) is 5.92 Å². The van der Waals surface area contributed by atoms with E-state index in [1.807, 2.05) is 4.90 Å². The second-order valence-corrected chi connectivity index (χ2v) is 6.96. The molecule has 2 aromatic rings. The molecule has 27 heavy (non-hydrogen) atoms. The summed E-state index contributed by atoms with van der Waals surface area (Å²) in [5.74, 6) is 1.86. The van der Waals surface area contributed by atoms with E-state index in [0.717, 1.165) is 44.0 Å². The molecule has 0 saturated carbocycles. The van der Waals surface area contributed by atoms with Crippen LogP contribution in [0.4, 0.5) is 24.8 Å². The lowest BCUT2D eigenvalue weighted by Crippen LogP contribution is -2.48. The van der Waals surface area contributed by atoms with E-state index in [9.17, 15) is 13.2 Å². The monoisotopic (exact) mass is 373 g/mol. The molecule has 8 heteroatoms. The highest BCUT2D eigenvalue weighted by Gasteiger charge is 2.39. The quantitative estimate of drug-likeness (QED) is 0.807. The van der Waals surface area contributed by atoms with Crippen LogP contribution in [0, 0.1) is 17.2 Å². The van der Waals surface area contributed by atoms with Gasteiger partial charge in [-0.3, -0.25) is 0 Å². The largest absolute Gasteiger partial charge is 0.417 e. The molecular formula is C19H18F3N5. The molecule has 2 aliphatic rings. The van der Waals surface area contributed by atoms with Crippen LogP contribution >= 0.6 is 0 Å². The first kappa shape index (κ1) is 17.6. The average molecular weight is 373 g/mol. The summed E-state index contributed by atoms with van der Waals surface area (Å²) in [5, 5.41) is 9.11. The zero-order valence-electron chi connectivity index (χ0n) is 14.5. The maximum atomic E-state index is 12.7. The van der Waals surface area contributed by atoms with Crippen molar-refractivity contribution in [3.8, 4) is 6.07 Å². The third-order valence-electron chi connectivity index (χ3n) is 5.43. The standard InChI is InChI=1S/C19H18F3N5/c20-19(21,22)15-1-2-17(25-11-15)26-7-4-14-5-8-27(16(14)12-26)18-9-13(10-23)3-6-24-18/h1-3,6,9,11,14,16H,4-5,7-8,12H2. The highest BCUT2D eigenvalue weighted by Crippen LogP contribution is 2.36. The number of hydrogen-bond donors (Lipinski definition) is 0. The van der Waals surface area contributed by atoms with Gasteiger partial charge in [0.15, 0.2) is 0 Å². The number of anilines is 2. The Morgan fingerprint density at radius 2 is 1.89 bits per heavy atom. The topological polar surface area (TPSA) is 56.1 Å². The maximum absolute atomic E-state index is 12.7. The Labute approximate surface area is 155 Å². The van der Waals surface area contributed by atoms with E-state index in [4.69, 9.17) is 5.26 Å². The number of nitrogens with zero attached hydrogens (tertiary/aromatic N) is 5. The first-order valence-corrected chi connectivity index (χ1v) is 8.87. The van der Waals surface area contributed by atoms with Crippen LogP contribution in [0.25, 0.3) is 0 Å². The lowest BCUT2D eigenvalue weighted by molar-refractivity contribution is -0.137. The summed E-state index contributed by atoms with van der Waals surface area (Å²) in [6.07, 6.45) is 0.169. The highest BCUT2D eigenvalue weighted by molar-refractivity contribution is 5.49. The Balaban J connectivity index is 1.53. The summed E-state index contributed by atoms with van der Waals surface area (Å²) >= 11 is 0. The fourth-order valence-corrected chi connectivity index (χ4v) is 4.02. The number of nitriles is 1. The van der Waals surface area contributed by atoms with Crippen molar-refractivity contribution >= 4 is 11.6 Å². The second-order valence-electron chi connectivity index (χ2n) is 6.96. The fraction of sp³-hybridized carbons (Fsp3) is 0.421. The molecule has 0 N–H and O–H groups in total. The molecule has 2 aromatic heterocycles. The van der Waals surface area contributed by atoms with Crippen molar-refractivity contribution in [3.05, 3.63) is 47.8 Å². The van der Waals surface area contributed by atoms with Crippen LogP contribution in [0.1, 0.15) is 24.0 Å². The van der Waals surface area contributed by atoms with Crippen LogP contribution in [-0.4, -0.2) is 35.6 Å². The molecule has 0 amide bonds. The SMILES string of the molecule is N#Cc1ccnc(N2CCC3CCN(c4ccc(C(F)(F)F)cn4)CC32)c1. The van der Waals surface area contributed by atoms with Crippen molar-refractivity contribution in [1.82, 2.24) is 9.97 Å². The van der Waals surface area contributed by atoms with Crippen molar-refractivity contribution < 1.29 is 13.2 Å². The zero-order chi connectivity index (χ0) is 19.0.